The van der Waals surface area contributed by atoms with Crippen molar-refractivity contribution in [1.82, 2.24) is 10.3 Å². The van der Waals surface area contributed by atoms with Gasteiger partial charge in [0.1, 0.15) is 41.5 Å². The fourth-order valence-corrected chi connectivity index (χ4v) is 4.25. The van der Waals surface area contributed by atoms with E-state index in [-0.39, 0.29) is 31.0 Å². The van der Waals surface area contributed by atoms with Gasteiger partial charge in [0.05, 0.1) is 25.5 Å². The molecule has 0 saturated carbocycles. The van der Waals surface area contributed by atoms with Crippen LogP contribution in [0.3, 0.4) is 0 Å². The Hall–Kier alpha value is -4.22. The van der Waals surface area contributed by atoms with Crippen LogP contribution in [-0.2, 0) is 15.8 Å². The number of nitrogens with zero attached hydrogens (tertiary/aromatic N) is 1. The lowest BCUT2D eigenvalue weighted by atomic mass is 9.82. The van der Waals surface area contributed by atoms with E-state index in [1.54, 1.807) is 26.0 Å². The van der Waals surface area contributed by atoms with E-state index in [0.29, 0.717) is 34.1 Å². The Balaban J connectivity index is 1.63. The molecule has 2 amide bonds. The lowest BCUT2D eigenvalue weighted by Gasteiger charge is -2.26. The van der Waals surface area contributed by atoms with Crippen molar-refractivity contribution in [3.63, 3.8) is 0 Å². The molecule has 0 fully saturated rings. The normalized spacial score (nSPS) is 18.2. The molecular weight excluding hydrogens is 521 g/mol. The zero-order chi connectivity index (χ0) is 29.2. The number of nitrogens with one attached hydrogen (secondary N) is 1. The van der Waals surface area contributed by atoms with E-state index in [1.165, 1.54) is 50.4 Å². The molecule has 3 atom stereocenters. The molecule has 0 radical (unpaired) electrons. The van der Waals surface area contributed by atoms with Crippen LogP contribution in [0, 0.1) is 5.82 Å². The maximum Gasteiger partial charge on any atom is 0.251 e. The summed E-state index contributed by atoms with van der Waals surface area (Å²) in [6, 6.07) is 11.7. The van der Waals surface area contributed by atoms with Gasteiger partial charge in [0, 0.05) is 16.7 Å². The number of pyridine rings is 1. The Labute approximate surface area is 230 Å². The number of primary amides is 1. The monoisotopic (exact) mass is 553 g/mol. The van der Waals surface area contributed by atoms with Crippen LogP contribution in [0.4, 0.5) is 4.39 Å². The van der Waals surface area contributed by atoms with Crippen molar-refractivity contribution in [2.75, 3.05) is 26.9 Å². The van der Waals surface area contributed by atoms with E-state index in [9.17, 15) is 24.2 Å². The number of methoxy groups -OCH3 is 1. The molecule has 1 aromatic heterocycles. The largest absolute Gasteiger partial charge is 0.493 e. The van der Waals surface area contributed by atoms with E-state index in [1.807, 2.05) is 0 Å². The number of halogens is 1. The van der Waals surface area contributed by atoms with Crippen LogP contribution in [0.15, 0.2) is 48.5 Å². The van der Waals surface area contributed by atoms with E-state index >= 15 is 0 Å². The number of aliphatic hydroxyl groups is 2. The van der Waals surface area contributed by atoms with Gasteiger partial charge in [0.25, 0.3) is 5.91 Å². The van der Waals surface area contributed by atoms with Gasteiger partial charge in [0.2, 0.25) is 5.91 Å². The molecule has 1 unspecified atom stereocenters. The summed E-state index contributed by atoms with van der Waals surface area (Å²) in [5.41, 5.74) is 4.49. The fraction of sp³-hybridized carbons (Fsp3) is 0.345. The SMILES string of the molecule is COc1cc(C(=O)NCC(C)(O)c2cc3c(c(-c4ccc(F)cc4)n2)OC[C@]3(C)C(N)=O)ccc1OC[C@@H](C)O. The molecule has 11 heteroatoms. The second-order valence-corrected chi connectivity index (χ2v) is 10.2. The van der Waals surface area contributed by atoms with Gasteiger partial charge < -0.3 is 35.5 Å². The first-order valence-corrected chi connectivity index (χ1v) is 12.6. The number of hydrogen-bond donors (Lipinski definition) is 4. The van der Waals surface area contributed by atoms with Crippen molar-refractivity contribution >= 4 is 11.8 Å². The third kappa shape index (κ3) is 5.70. The minimum atomic E-state index is -1.69. The number of ether oxygens (including phenoxy) is 3. The highest BCUT2D eigenvalue weighted by molar-refractivity contribution is 5.95. The number of aliphatic hydroxyl groups excluding tert-OH is 1. The van der Waals surface area contributed by atoms with Crippen molar-refractivity contribution in [3.05, 3.63) is 71.2 Å². The number of aromatic nitrogens is 1. The molecule has 0 bridgehead atoms. The summed E-state index contributed by atoms with van der Waals surface area (Å²) in [4.78, 5) is 30.0. The molecule has 0 spiro atoms. The minimum absolute atomic E-state index is 0.0192. The van der Waals surface area contributed by atoms with Gasteiger partial charge in [-0.05, 0) is 69.3 Å². The molecule has 1 aliphatic heterocycles. The number of carbonyl (C=O) groups is 2. The lowest BCUT2D eigenvalue weighted by Crippen LogP contribution is -2.41. The molecule has 5 N–H and O–H groups in total. The molecule has 4 rings (SSSR count). The summed E-state index contributed by atoms with van der Waals surface area (Å²) in [5, 5.41) is 23.6. The maximum atomic E-state index is 13.6. The van der Waals surface area contributed by atoms with Crippen LogP contribution in [-0.4, -0.2) is 60.0 Å². The second-order valence-electron chi connectivity index (χ2n) is 10.2. The summed E-state index contributed by atoms with van der Waals surface area (Å²) in [6.45, 7) is 4.49. The first-order chi connectivity index (χ1) is 18.9. The number of benzene rings is 2. The summed E-state index contributed by atoms with van der Waals surface area (Å²) >= 11 is 0. The molecule has 1 aliphatic rings. The standard InChI is InChI=1S/C29H32FN3O7/c1-16(34)13-39-21-10-7-18(11-22(21)38-4)26(35)32-14-29(3,37)23-12-20-25(40-15-28(20,2)27(31)36)24(33-23)17-5-8-19(30)9-6-17/h5-12,16,34,37H,13-15H2,1-4H3,(H2,31,36)(H,32,35)/t16-,28+,29?/m1/s1. The Kier molecular flexibility index (Phi) is 7.99. The Morgan fingerprint density at radius 1 is 1.23 bits per heavy atom. The molecular formula is C29H32FN3O7. The number of fused-ring (bicyclic) bond motifs is 1. The first-order valence-electron chi connectivity index (χ1n) is 12.6. The number of carbonyl (C=O) groups excluding carboxylic acids is 2. The Bertz CT molecular complexity index is 1430. The zero-order valence-corrected chi connectivity index (χ0v) is 22.7. The molecule has 2 aromatic carbocycles. The Morgan fingerprint density at radius 3 is 2.55 bits per heavy atom. The van der Waals surface area contributed by atoms with Crippen LogP contribution in [0.2, 0.25) is 0 Å². The highest BCUT2D eigenvalue weighted by Crippen LogP contribution is 2.45. The number of rotatable bonds is 10. The van der Waals surface area contributed by atoms with Crippen LogP contribution in [0.1, 0.15) is 42.4 Å². The van der Waals surface area contributed by atoms with E-state index < -0.39 is 34.8 Å². The quantitative estimate of drug-likeness (QED) is 0.299. The fourth-order valence-electron chi connectivity index (χ4n) is 4.25. The average Bonchev–Trinajstić information content (AvgIpc) is 3.28. The highest BCUT2D eigenvalue weighted by atomic mass is 19.1. The van der Waals surface area contributed by atoms with Gasteiger partial charge in [-0.1, -0.05) is 0 Å². The highest BCUT2D eigenvalue weighted by Gasteiger charge is 2.45. The third-order valence-corrected chi connectivity index (χ3v) is 6.78. The number of nitrogens with two attached hydrogens (primary N) is 1. The van der Waals surface area contributed by atoms with Crippen molar-refractivity contribution in [3.8, 4) is 28.5 Å². The van der Waals surface area contributed by atoms with Gasteiger partial charge in [-0.15, -0.1) is 0 Å². The van der Waals surface area contributed by atoms with E-state index in [0.717, 1.165) is 0 Å². The summed E-state index contributed by atoms with van der Waals surface area (Å²) < 4.78 is 30.3. The van der Waals surface area contributed by atoms with Crippen molar-refractivity contribution in [2.24, 2.45) is 5.73 Å². The molecule has 3 aromatic rings. The van der Waals surface area contributed by atoms with Crippen LogP contribution < -0.4 is 25.3 Å². The summed E-state index contributed by atoms with van der Waals surface area (Å²) in [5.74, 6) is -0.561. The molecule has 212 valence electrons. The maximum absolute atomic E-state index is 13.6. The van der Waals surface area contributed by atoms with Gasteiger partial charge in [-0.2, -0.15) is 0 Å². The lowest BCUT2D eigenvalue weighted by molar-refractivity contribution is -0.123. The predicted octanol–water partition coefficient (Wildman–Crippen LogP) is 2.43. The van der Waals surface area contributed by atoms with Crippen LogP contribution >= 0.6 is 0 Å². The smallest absolute Gasteiger partial charge is 0.251 e. The van der Waals surface area contributed by atoms with Gasteiger partial charge in [0.15, 0.2) is 11.5 Å². The van der Waals surface area contributed by atoms with Crippen LogP contribution in [0.5, 0.6) is 17.2 Å². The van der Waals surface area contributed by atoms with Crippen LogP contribution in [0.25, 0.3) is 11.3 Å². The predicted molar refractivity (Wildman–Crippen MR) is 144 cm³/mol. The molecule has 10 nitrogen and oxygen atoms in total. The van der Waals surface area contributed by atoms with Crippen molar-refractivity contribution < 1.29 is 38.4 Å². The van der Waals surface area contributed by atoms with Crippen molar-refractivity contribution in [2.45, 2.75) is 37.9 Å². The summed E-state index contributed by atoms with van der Waals surface area (Å²) in [6.07, 6.45) is -0.682. The number of hydrogen-bond acceptors (Lipinski definition) is 8. The average molecular weight is 554 g/mol. The molecule has 0 aliphatic carbocycles. The van der Waals surface area contributed by atoms with E-state index in [4.69, 9.17) is 19.9 Å². The summed E-state index contributed by atoms with van der Waals surface area (Å²) in [7, 11) is 1.43. The van der Waals surface area contributed by atoms with Crippen molar-refractivity contribution in [1.29, 1.82) is 0 Å². The topological polar surface area (TPSA) is 153 Å². The molecule has 0 saturated heterocycles. The van der Waals surface area contributed by atoms with Gasteiger partial charge >= 0.3 is 0 Å². The van der Waals surface area contributed by atoms with Gasteiger partial charge in [-0.3, -0.25) is 9.59 Å². The molecule has 2 heterocycles. The van der Waals surface area contributed by atoms with Gasteiger partial charge in [-0.25, -0.2) is 9.37 Å². The second kappa shape index (κ2) is 11.1. The first kappa shape index (κ1) is 28.8. The minimum Gasteiger partial charge on any atom is -0.493 e. The molecule has 40 heavy (non-hydrogen) atoms. The van der Waals surface area contributed by atoms with E-state index in [2.05, 4.69) is 10.3 Å². The zero-order valence-electron chi connectivity index (χ0n) is 22.7. The number of amides is 2. The third-order valence-electron chi connectivity index (χ3n) is 6.78. The Morgan fingerprint density at radius 2 is 1.93 bits per heavy atom.